The van der Waals surface area contributed by atoms with Crippen LogP contribution in [0.15, 0.2) is 6.33 Å². The molecule has 0 amide bonds. The minimum absolute atomic E-state index is 0.176. The maximum Gasteiger partial charge on any atom is 0.208 e. The molecule has 0 aliphatic heterocycles. The van der Waals surface area contributed by atoms with Crippen molar-refractivity contribution in [2.45, 2.75) is 0 Å². The van der Waals surface area contributed by atoms with Crippen molar-refractivity contribution in [2.75, 3.05) is 30.4 Å². The van der Waals surface area contributed by atoms with Crippen molar-refractivity contribution in [1.82, 2.24) is 14.7 Å². The number of nitrogen functional groups attached to an aromatic ring is 1. The zero-order valence-corrected chi connectivity index (χ0v) is 10.1. The first kappa shape index (κ1) is 12.9. The highest BCUT2D eigenvalue weighted by Gasteiger charge is 2.05. The van der Waals surface area contributed by atoms with Crippen molar-refractivity contribution in [3.63, 3.8) is 0 Å². The monoisotopic (exact) mass is 265 g/mol. The third-order valence-corrected chi connectivity index (χ3v) is 2.70. The number of sulfonamides is 1. The lowest BCUT2D eigenvalue weighted by Gasteiger charge is -2.07. The molecular formula is C7H12ClN5O2S. The molecule has 0 fully saturated rings. The van der Waals surface area contributed by atoms with E-state index >= 15 is 0 Å². The zero-order chi connectivity index (χ0) is 12.2. The smallest absolute Gasteiger partial charge is 0.208 e. The predicted molar refractivity (Wildman–Crippen MR) is 62.8 cm³/mol. The summed E-state index contributed by atoms with van der Waals surface area (Å²) in [5.74, 6) is 0.555. The molecule has 90 valence electrons. The highest BCUT2D eigenvalue weighted by molar-refractivity contribution is 7.88. The Labute approximate surface area is 98.5 Å². The Morgan fingerprint density at radius 1 is 1.44 bits per heavy atom. The molecule has 0 aromatic carbocycles. The van der Waals surface area contributed by atoms with Gasteiger partial charge >= 0.3 is 0 Å². The molecular weight excluding hydrogens is 254 g/mol. The van der Waals surface area contributed by atoms with E-state index in [0.717, 1.165) is 6.26 Å². The molecule has 1 aromatic heterocycles. The summed E-state index contributed by atoms with van der Waals surface area (Å²) >= 11 is 5.81. The van der Waals surface area contributed by atoms with Crippen molar-refractivity contribution in [3.8, 4) is 0 Å². The zero-order valence-electron chi connectivity index (χ0n) is 8.57. The second-order valence-corrected chi connectivity index (χ2v) is 5.23. The Bertz CT molecular complexity index is 464. The summed E-state index contributed by atoms with van der Waals surface area (Å²) in [5.41, 5.74) is 5.46. The van der Waals surface area contributed by atoms with Crippen LogP contribution in [0.3, 0.4) is 0 Å². The lowest BCUT2D eigenvalue weighted by atomic mass is 10.5. The third kappa shape index (κ3) is 4.17. The van der Waals surface area contributed by atoms with Gasteiger partial charge in [0.15, 0.2) is 0 Å². The molecule has 7 nitrogen and oxygen atoms in total. The van der Waals surface area contributed by atoms with Gasteiger partial charge in [-0.25, -0.2) is 23.1 Å². The number of aromatic nitrogens is 2. The maximum atomic E-state index is 10.8. The lowest BCUT2D eigenvalue weighted by Crippen LogP contribution is -2.27. The molecule has 0 saturated carbocycles. The van der Waals surface area contributed by atoms with Crippen LogP contribution < -0.4 is 15.8 Å². The molecule has 1 aromatic rings. The van der Waals surface area contributed by atoms with Gasteiger partial charge in [0.1, 0.15) is 23.0 Å². The molecule has 0 radical (unpaired) electrons. The summed E-state index contributed by atoms with van der Waals surface area (Å²) in [7, 11) is -3.18. The normalized spacial score (nSPS) is 11.4. The summed E-state index contributed by atoms with van der Waals surface area (Å²) < 4.78 is 23.8. The molecule has 0 spiro atoms. The van der Waals surface area contributed by atoms with E-state index in [4.69, 9.17) is 17.3 Å². The van der Waals surface area contributed by atoms with Crippen LogP contribution in [-0.4, -0.2) is 37.7 Å². The van der Waals surface area contributed by atoms with E-state index in [2.05, 4.69) is 20.0 Å². The number of rotatable bonds is 5. The second kappa shape index (κ2) is 5.28. The van der Waals surface area contributed by atoms with Crippen LogP contribution >= 0.6 is 11.6 Å². The largest absolute Gasteiger partial charge is 0.382 e. The van der Waals surface area contributed by atoms with Crippen LogP contribution in [0.5, 0.6) is 0 Å². The van der Waals surface area contributed by atoms with E-state index in [1.54, 1.807) is 0 Å². The van der Waals surface area contributed by atoms with Crippen LogP contribution in [-0.2, 0) is 10.0 Å². The fourth-order valence-electron chi connectivity index (χ4n) is 0.924. The van der Waals surface area contributed by atoms with Crippen LogP contribution in [0.4, 0.5) is 11.6 Å². The van der Waals surface area contributed by atoms with E-state index in [1.165, 1.54) is 6.33 Å². The first-order valence-electron chi connectivity index (χ1n) is 4.34. The van der Waals surface area contributed by atoms with Gasteiger partial charge in [-0.05, 0) is 0 Å². The van der Waals surface area contributed by atoms with Crippen LogP contribution in [0, 0.1) is 0 Å². The Morgan fingerprint density at radius 2 is 2.12 bits per heavy atom. The minimum atomic E-state index is -3.18. The van der Waals surface area contributed by atoms with Crippen LogP contribution in [0.25, 0.3) is 0 Å². The standard InChI is InChI=1S/C7H12ClN5O2S/c1-16(14,15)13-3-2-10-7-5(8)6(9)11-4-12-7/h4,13H,2-3H2,1H3,(H3,9,10,11,12). The van der Waals surface area contributed by atoms with Gasteiger partial charge in [-0.15, -0.1) is 0 Å². The average molecular weight is 266 g/mol. The fraction of sp³-hybridized carbons (Fsp3) is 0.429. The van der Waals surface area contributed by atoms with Gasteiger partial charge in [0.2, 0.25) is 10.0 Å². The van der Waals surface area contributed by atoms with E-state index in [9.17, 15) is 8.42 Å². The first-order valence-corrected chi connectivity index (χ1v) is 6.61. The molecule has 1 heterocycles. The van der Waals surface area contributed by atoms with Gasteiger partial charge in [0.25, 0.3) is 0 Å². The highest BCUT2D eigenvalue weighted by atomic mass is 35.5. The molecule has 0 aliphatic carbocycles. The summed E-state index contributed by atoms with van der Waals surface area (Å²) in [6.07, 6.45) is 2.36. The Hall–Kier alpha value is -1.12. The Kier molecular flexibility index (Phi) is 4.27. The van der Waals surface area contributed by atoms with Gasteiger partial charge in [-0.2, -0.15) is 0 Å². The molecule has 9 heteroatoms. The van der Waals surface area contributed by atoms with Crippen molar-refractivity contribution in [2.24, 2.45) is 0 Å². The van der Waals surface area contributed by atoms with E-state index in [-0.39, 0.29) is 17.4 Å². The van der Waals surface area contributed by atoms with Crippen LogP contribution in [0.2, 0.25) is 5.02 Å². The van der Waals surface area contributed by atoms with E-state index < -0.39 is 10.0 Å². The number of hydrogen-bond donors (Lipinski definition) is 3. The summed E-state index contributed by atoms with van der Waals surface area (Å²) in [5, 5.41) is 3.06. The molecule has 0 atom stereocenters. The number of nitrogens with zero attached hydrogens (tertiary/aromatic N) is 2. The molecule has 0 aliphatic rings. The number of nitrogens with one attached hydrogen (secondary N) is 2. The number of anilines is 2. The average Bonchev–Trinajstić information content (AvgIpc) is 2.17. The second-order valence-electron chi connectivity index (χ2n) is 3.01. The third-order valence-electron chi connectivity index (χ3n) is 1.60. The van der Waals surface area contributed by atoms with Crippen LogP contribution in [0.1, 0.15) is 0 Å². The van der Waals surface area contributed by atoms with E-state index in [1.807, 2.05) is 0 Å². The molecule has 0 bridgehead atoms. The Morgan fingerprint density at radius 3 is 2.75 bits per heavy atom. The van der Waals surface area contributed by atoms with Crippen molar-refractivity contribution in [3.05, 3.63) is 11.3 Å². The summed E-state index contributed by atoms with van der Waals surface area (Å²) in [4.78, 5) is 7.55. The van der Waals surface area contributed by atoms with Crippen molar-refractivity contribution in [1.29, 1.82) is 0 Å². The number of nitrogens with two attached hydrogens (primary N) is 1. The van der Waals surface area contributed by atoms with E-state index in [0.29, 0.717) is 12.4 Å². The number of hydrogen-bond acceptors (Lipinski definition) is 6. The van der Waals surface area contributed by atoms with Crippen molar-refractivity contribution < 1.29 is 8.42 Å². The maximum absolute atomic E-state index is 10.8. The Balaban J connectivity index is 2.47. The summed E-state index contributed by atoms with van der Waals surface area (Å²) in [6.45, 7) is 0.586. The predicted octanol–water partition coefficient (Wildman–Crippen LogP) is -0.327. The lowest BCUT2D eigenvalue weighted by molar-refractivity contribution is 0.589. The van der Waals surface area contributed by atoms with Gasteiger partial charge in [0.05, 0.1) is 6.26 Å². The quantitative estimate of drug-likeness (QED) is 0.629. The van der Waals surface area contributed by atoms with Crippen molar-refractivity contribution >= 4 is 33.3 Å². The first-order chi connectivity index (χ1) is 7.40. The molecule has 1 rings (SSSR count). The highest BCUT2D eigenvalue weighted by Crippen LogP contribution is 2.22. The summed E-state index contributed by atoms with van der Waals surface area (Å²) in [6, 6.07) is 0. The fourth-order valence-corrected chi connectivity index (χ4v) is 1.56. The minimum Gasteiger partial charge on any atom is -0.382 e. The van der Waals surface area contributed by atoms with Gasteiger partial charge in [0, 0.05) is 13.1 Å². The topological polar surface area (TPSA) is 110 Å². The van der Waals surface area contributed by atoms with Gasteiger partial charge in [-0.3, -0.25) is 0 Å². The molecule has 0 saturated heterocycles. The molecule has 16 heavy (non-hydrogen) atoms. The van der Waals surface area contributed by atoms with Gasteiger partial charge < -0.3 is 11.1 Å². The SMILES string of the molecule is CS(=O)(=O)NCCNc1ncnc(N)c1Cl. The van der Waals surface area contributed by atoms with Gasteiger partial charge in [-0.1, -0.05) is 11.6 Å². The molecule has 0 unspecified atom stereocenters. The number of halogens is 1. The molecule has 4 N–H and O–H groups in total.